The number of hydrogen-bond acceptors (Lipinski definition) is 6. The molecule has 246 valence electrons. The summed E-state index contributed by atoms with van der Waals surface area (Å²) in [6, 6.07) is -3.25. The van der Waals surface area contributed by atoms with Crippen LogP contribution >= 0.6 is 0 Å². The standard InChI is InChI=1S/C32H58N6O5/c1-19(2)24(33-28(40)25(20(3)4)35(10)11)30(42)36(12)26(21(5)6)31(43)38-18-14-16-23(38)29(41)37-17-13-15-22(37)27(39)34-32(7,8)9/h19-26H,13-18H2,1-12H3,(H,33,40)(H,34,39)/t22-,23?,24-,25-,26-/m0/s1. The van der Waals surface area contributed by atoms with E-state index in [1.807, 2.05) is 81.3 Å². The molecule has 0 aromatic heterocycles. The Morgan fingerprint density at radius 1 is 0.744 bits per heavy atom. The lowest BCUT2D eigenvalue weighted by Gasteiger charge is -2.39. The maximum atomic E-state index is 14.2. The minimum Gasteiger partial charge on any atom is -0.350 e. The Balaban J connectivity index is 2.27. The summed E-state index contributed by atoms with van der Waals surface area (Å²) in [5.41, 5.74) is -0.416. The summed E-state index contributed by atoms with van der Waals surface area (Å²) in [4.78, 5) is 74.7. The smallest absolute Gasteiger partial charge is 0.246 e. The maximum absolute atomic E-state index is 14.2. The van der Waals surface area contributed by atoms with Crippen LogP contribution in [0.25, 0.3) is 0 Å². The normalized spacial score (nSPS) is 21.4. The van der Waals surface area contributed by atoms with Gasteiger partial charge in [0, 0.05) is 25.7 Å². The minimum atomic E-state index is -0.813. The van der Waals surface area contributed by atoms with Crippen molar-refractivity contribution in [2.24, 2.45) is 17.8 Å². The van der Waals surface area contributed by atoms with Crippen LogP contribution in [0.3, 0.4) is 0 Å². The fourth-order valence-electron chi connectivity index (χ4n) is 6.54. The molecule has 11 heteroatoms. The molecule has 1 unspecified atom stereocenters. The van der Waals surface area contributed by atoms with Gasteiger partial charge in [-0.3, -0.25) is 28.9 Å². The molecule has 0 aromatic carbocycles. The molecule has 2 saturated heterocycles. The van der Waals surface area contributed by atoms with Crippen molar-refractivity contribution >= 4 is 29.5 Å². The van der Waals surface area contributed by atoms with Gasteiger partial charge in [0.25, 0.3) is 0 Å². The van der Waals surface area contributed by atoms with Crippen molar-refractivity contribution in [3.05, 3.63) is 0 Å². The number of carbonyl (C=O) groups is 5. The van der Waals surface area contributed by atoms with Crippen LogP contribution in [0.5, 0.6) is 0 Å². The van der Waals surface area contributed by atoms with E-state index in [-0.39, 0.29) is 47.3 Å². The Hall–Kier alpha value is -2.69. The highest BCUT2D eigenvalue weighted by molar-refractivity contribution is 5.96. The Morgan fingerprint density at radius 2 is 1.26 bits per heavy atom. The van der Waals surface area contributed by atoms with Gasteiger partial charge in [0.1, 0.15) is 24.2 Å². The predicted molar refractivity (Wildman–Crippen MR) is 168 cm³/mol. The molecule has 2 heterocycles. The molecule has 2 rings (SSSR count). The highest BCUT2D eigenvalue weighted by Gasteiger charge is 2.46. The highest BCUT2D eigenvalue weighted by atomic mass is 16.2. The average Bonchev–Trinajstić information content (AvgIpc) is 3.55. The summed E-state index contributed by atoms with van der Waals surface area (Å²) in [6.45, 7) is 18.1. The number of nitrogens with zero attached hydrogens (tertiary/aromatic N) is 4. The number of amides is 5. The van der Waals surface area contributed by atoms with E-state index in [0.717, 1.165) is 6.42 Å². The first kappa shape index (κ1) is 36.5. The number of hydrogen-bond donors (Lipinski definition) is 2. The molecule has 43 heavy (non-hydrogen) atoms. The number of carbonyl (C=O) groups excluding carboxylic acids is 5. The van der Waals surface area contributed by atoms with E-state index >= 15 is 0 Å². The molecule has 0 aliphatic carbocycles. The first-order valence-corrected chi connectivity index (χ1v) is 16.0. The monoisotopic (exact) mass is 606 g/mol. The SMILES string of the molecule is CC(C)[C@H](NC(=O)[C@H](C(C)C)N(C)C)C(=O)N(C)[C@H](C(=O)N1CCCC1C(=O)N1CCC[C@H]1C(=O)NC(C)(C)C)C(C)C. The molecular formula is C32H58N6O5. The molecule has 0 spiro atoms. The van der Waals surface area contributed by atoms with E-state index in [4.69, 9.17) is 0 Å². The van der Waals surface area contributed by atoms with Crippen molar-refractivity contribution in [2.45, 2.75) is 124 Å². The van der Waals surface area contributed by atoms with E-state index in [0.29, 0.717) is 32.4 Å². The molecule has 0 bridgehead atoms. The summed E-state index contributed by atoms with van der Waals surface area (Å²) in [5.74, 6) is -1.61. The second-order valence-electron chi connectivity index (χ2n) is 14.6. The molecule has 2 fully saturated rings. The van der Waals surface area contributed by atoms with Crippen LogP contribution in [0.4, 0.5) is 0 Å². The van der Waals surface area contributed by atoms with Gasteiger partial charge in [-0.25, -0.2) is 0 Å². The molecule has 11 nitrogen and oxygen atoms in total. The van der Waals surface area contributed by atoms with Crippen LogP contribution in [0, 0.1) is 17.8 Å². The zero-order chi connectivity index (χ0) is 33.0. The molecule has 5 atom stereocenters. The molecule has 5 amide bonds. The van der Waals surface area contributed by atoms with Crippen molar-refractivity contribution in [1.29, 1.82) is 0 Å². The summed E-state index contributed by atoms with van der Waals surface area (Å²) >= 11 is 0. The molecule has 0 saturated carbocycles. The molecule has 0 aromatic rings. The van der Waals surface area contributed by atoms with Gasteiger partial charge in [0.15, 0.2) is 0 Å². The van der Waals surface area contributed by atoms with Gasteiger partial charge in [0.2, 0.25) is 29.5 Å². The van der Waals surface area contributed by atoms with Crippen molar-refractivity contribution in [3.63, 3.8) is 0 Å². The van der Waals surface area contributed by atoms with Crippen LogP contribution in [-0.2, 0) is 24.0 Å². The van der Waals surface area contributed by atoms with Crippen LogP contribution in [0.15, 0.2) is 0 Å². The third-order valence-corrected chi connectivity index (χ3v) is 8.49. The quantitative estimate of drug-likeness (QED) is 0.372. The van der Waals surface area contributed by atoms with Gasteiger partial charge in [-0.05, 0) is 78.3 Å². The molecular weight excluding hydrogens is 548 g/mol. The predicted octanol–water partition coefficient (Wildman–Crippen LogP) is 2.09. The summed E-state index contributed by atoms with van der Waals surface area (Å²) in [7, 11) is 5.29. The lowest BCUT2D eigenvalue weighted by Crippen LogP contribution is -2.61. The summed E-state index contributed by atoms with van der Waals surface area (Å²) in [6.07, 6.45) is 2.51. The fourth-order valence-corrected chi connectivity index (χ4v) is 6.54. The summed E-state index contributed by atoms with van der Waals surface area (Å²) < 4.78 is 0. The maximum Gasteiger partial charge on any atom is 0.246 e. The Kier molecular flexibility index (Phi) is 12.6. The lowest BCUT2D eigenvalue weighted by atomic mass is 9.96. The van der Waals surface area contributed by atoms with Gasteiger partial charge < -0.3 is 25.3 Å². The van der Waals surface area contributed by atoms with Crippen molar-refractivity contribution in [1.82, 2.24) is 30.2 Å². The molecule has 2 N–H and O–H groups in total. The average molecular weight is 607 g/mol. The van der Waals surface area contributed by atoms with Crippen molar-refractivity contribution < 1.29 is 24.0 Å². The first-order valence-electron chi connectivity index (χ1n) is 16.0. The van der Waals surface area contributed by atoms with Gasteiger partial charge in [-0.1, -0.05) is 41.5 Å². The molecule has 2 aliphatic rings. The molecule has 2 aliphatic heterocycles. The third-order valence-electron chi connectivity index (χ3n) is 8.49. The second kappa shape index (κ2) is 14.9. The van der Waals surface area contributed by atoms with E-state index < -0.39 is 35.7 Å². The second-order valence-corrected chi connectivity index (χ2v) is 14.6. The number of nitrogens with one attached hydrogen (secondary N) is 2. The Bertz CT molecular complexity index is 1010. The van der Waals surface area contributed by atoms with E-state index in [9.17, 15) is 24.0 Å². The Morgan fingerprint density at radius 3 is 1.72 bits per heavy atom. The van der Waals surface area contributed by atoms with E-state index in [1.165, 1.54) is 4.90 Å². The lowest BCUT2D eigenvalue weighted by molar-refractivity contribution is -0.153. The first-order chi connectivity index (χ1) is 19.8. The van der Waals surface area contributed by atoms with Crippen LogP contribution in [0.2, 0.25) is 0 Å². The highest BCUT2D eigenvalue weighted by Crippen LogP contribution is 2.28. The van der Waals surface area contributed by atoms with Gasteiger partial charge in [0.05, 0.1) is 6.04 Å². The van der Waals surface area contributed by atoms with Crippen LogP contribution in [-0.4, -0.2) is 119 Å². The van der Waals surface area contributed by atoms with Crippen LogP contribution in [0.1, 0.15) is 88.0 Å². The number of likely N-dealkylation sites (tertiary alicyclic amines) is 2. The number of likely N-dealkylation sites (N-methyl/N-ethyl adjacent to an activating group) is 2. The van der Waals surface area contributed by atoms with Gasteiger partial charge in [-0.15, -0.1) is 0 Å². The van der Waals surface area contributed by atoms with Crippen LogP contribution < -0.4 is 10.6 Å². The van der Waals surface area contributed by atoms with Crippen molar-refractivity contribution in [2.75, 3.05) is 34.2 Å². The largest absolute Gasteiger partial charge is 0.350 e. The topological polar surface area (TPSA) is 122 Å². The zero-order valence-corrected chi connectivity index (χ0v) is 28.7. The summed E-state index contributed by atoms with van der Waals surface area (Å²) in [5, 5.41) is 5.96. The van der Waals surface area contributed by atoms with Gasteiger partial charge in [-0.2, -0.15) is 0 Å². The number of rotatable bonds is 11. The van der Waals surface area contributed by atoms with E-state index in [2.05, 4.69) is 10.6 Å². The zero-order valence-electron chi connectivity index (χ0n) is 28.7. The third kappa shape index (κ3) is 8.92. The Labute approximate surface area is 259 Å². The van der Waals surface area contributed by atoms with E-state index in [1.54, 1.807) is 16.8 Å². The van der Waals surface area contributed by atoms with Gasteiger partial charge >= 0.3 is 0 Å². The van der Waals surface area contributed by atoms with Crippen molar-refractivity contribution in [3.8, 4) is 0 Å². The fraction of sp³-hybridized carbons (Fsp3) is 0.844. The molecule has 0 radical (unpaired) electrons. The minimum absolute atomic E-state index is 0.0417.